The number of benzene rings is 1. The Kier molecular flexibility index (Phi) is 3.20. The Bertz CT molecular complexity index is 589. The average molecular weight is 241 g/mol. The Morgan fingerprint density at radius 3 is 2.61 bits per heavy atom. The first-order valence-electron chi connectivity index (χ1n) is 5.77. The Hall–Kier alpha value is -2.48. The Morgan fingerprint density at radius 2 is 2.06 bits per heavy atom. The van der Waals surface area contributed by atoms with E-state index in [1.807, 2.05) is 38.1 Å². The number of anilines is 2. The van der Waals surface area contributed by atoms with Gasteiger partial charge in [-0.2, -0.15) is 5.26 Å². The van der Waals surface area contributed by atoms with E-state index in [4.69, 9.17) is 11.0 Å². The van der Waals surface area contributed by atoms with E-state index in [2.05, 4.69) is 16.5 Å². The molecule has 0 amide bonds. The van der Waals surface area contributed by atoms with Gasteiger partial charge in [-0.25, -0.2) is 4.68 Å². The molecule has 1 aromatic carbocycles. The molecular formula is C13H15N5. The second kappa shape index (κ2) is 4.80. The quantitative estimate of drug-likeness (QED) is 0.862. The minimum absolute atomic E-state index is 0.359. The van der Waals surface area contributed by atoms with Gasteiger partial charge in [0.15, 0.2) is 5.82 Å². The fourth-order valence-corrected chi connectivity index (χ4v) is 1.72. The third-order valence-electron chi connectivity index (χ3n) is 2.66. The van der Waals surface area contributed by atoms with Crippen molar-refractivity contribution in [1.29, 1.82) is 5.26 Å². The molecule has 0 saturated heterocycles. The standard InChI is InChI=1S/C13H15N5/c1-3-16-13-11(8-14)12(15)18(17-13)10-6-4-9(2)5-7-10/h4-7H,3,15H2,1-2H3,(H,16,17). The molecule has 0 aliphatic carbocycles. The van der Waals surface area contributed by atoms with Crippen molar-refractivity contribution in [3.8, 4) is 11.8 Å². The summed E-state index contributed by atoms with van der Waals surface area (Å²) in [4.78, 5) is 0. The van der Waals surface area contributed by atoms with Crippen molar-refractivity contribution in [2.45, 2.75) is 13.8 Å². The Morgan fingerprint density at radius 1 is 1.39 bits per heavy atom. The molecule has 0 aliphatic rings. The number of nitrogens with one attached hydrogen (secondary N) is 1. The molecule has 0 spiro atoms. The highest BCUT2D eigenvalue weighted by atomic mass is 15.3. The molecule has 2 aromatic rings. The second-order valence-corrected chi connectivity index (χ2v) is 4.00. The van der Waals surface area contributed by atoms with Gasteiger partial charge in [0.25, 0.3) is 0 Å². The number of nitrogen functional groups attached to an aromatic ring is 1. The van der Waals surface area contributed by atoms with Gasteiger partial charge in [-0.15, -0.1) is 5.10 Å². The van der Waals surface area contributed by atoms with Crippen LogP contribution in [0.2, 0.25) is 0 Å². The van der Waals surface area contributed by atoms with Gasteiger partial charge >= 0.3 is 0 Å². The molecule has 18 heavy (non-hydrogen) atoms. The zero-order chi connectivity index (χ0) is 13.1. The van der Waals surface area contributed by atoms with E-state index in [-0.39, 0.29) is 0 Å². The highest BCUT2D eigenvalue weighted by molar-refractivity contribution is 5.66. The minimum atomic E-state index is 0.359. The fourth-order valence-electron chi connectivity index (χ4n) is 1.72. The molecule has 0 saturated carbocycles. The van der Waals surface area contributed by atoms with Gasteiger partial charge in [-0.3, -0.25) is 0 Å². The largest absolute Gasteiger partial charge is 0.382 e. The molecule has 1 heterocycles. The summed E-state index contributed by atoms with van der Waals surface area (Å²) in [6.07, 6.45) is 0. The van der Waals surface area contributed by atoms with E-state index < -0.39 is 0 Å². The maximum atomic E-state index is 9.11. The van der Waals surface area contributed by atoms with E-state index in [1.54, 1.807) is 4.68 Å². The summed E-state index contributed by atoms with van der Waals surface area (Å²) < 4.78 is 1.58. The van der Waals surface area contributed by atoms with Crippen molar-refractivity contribution in [3.63, 3.8) is 0 Å². The van der Waals surface area contributed by atoms with Gasteiger partial charge in [0.1, 0.15) is 17.5 Å². The molecule has 3 N–H and O–H groups in total. The number of nitrogens with zero attached hydrogens (tertiary/aromatic N) is 3. The second-order valence-electron chi connectivity index (χ2n) is 4.00. The van der Waals surface area contributed by atoms with Gasteiger partial charge in [0.05, 0.1) is 5.69 Å². The van der Waals surface area contributed by atoms with E-state index in [9.17, 15) is 0 Å². The Balaban J connectivity index is 2.52. The highest BCUT2D eigenvalue weighted by Crippen LogP contribution is 2.24. The third kappa shape index (κ3) is 2.00. The topological polar surface area (TPSA) is 79.7 Å². The molecular weight excluding hydrogens is 226 g/mol. The summed E-state index contributed by atoms with van der Waals surface area (Å²) in [5, 5.41) is 16.5. The first-order valence-corrected chi connectivity index (χ1v) is 5.77. The summed E-state index contributed by atoms with van der Waals surface area (Å²) in [7, 11) is 0. The van der Waals surface area contributed by atoms with Crippen LogP contribution in [0.5, 0.6) is 0 Å². The lowest BCUT2D eigenvalue weighted by atomic mass is 10.2. The monoisotopic (exact) mass is 241 g/mol. The van der Waals surface area contributed by atoms with Crippen molar-refractivity contribution in [1.82, 2.24) is 9.78 Å². The van der Waals surface area contributed by atoms with Gasteiger partial charge in [0, 0.05) is 6.54 Å². The molecule has 5 heteroatoms. The smallest absolute Gasteiger partial charge is 0.168 e. The number of nitrogens with two attached hydrogens (primary N) is 1. The summed E-state index contributed by atoms with van der Waals surface area (Å²) in [6, 6.07) is 9.89. The number of aryl methyl sites for hydroxylation is 1. The molecule has 5 nitrogen and oxygen atoms in total. The molecule has 2 rings (SSSR count). The highest BCUT2D eigenvalue weighted by Gasteiger charge is 2.15. The van der Waals surface area contributed by atoms with Crippen LogP contribution >= 0.6 is 0 Å². The lowest BCUT2D eigenvalue weighted by Crippen LogP contribution is -2.02. The van der Waals surface area contributed by atoms with Crippen LogP contribution in [0.25, 0.3) is 5.69 Å². The van der Waals surface area contributed by atoms with Gasteiger partial charge in [-0.05, 0) is 26.0 Å². The van der Waals surface area contributed by atoms with Crippen LogP contribution in [0.15, 0.2) is 24.3 Å². The van der Waals surface area contributed by atoms with E-state index in [0.29, 0.717) is 23.7 Å². The number of rotatable bonds is 3. The maximum absolute atomic E-state index is 9.11. The van der Waals surface area contributed by atoms with Crippen LogP contribution in [-0.4, -0.2) is 16.3 Å². The van der Waals surface area contributed by atoms with E-state index >= 15 is 0 Å². The first kappa shape index (κ1) is 12.0. The number of hydrogen-bond donors (Lipinski definition) is 2. The number of hydrogen-bond acceptors (Lipinski definition) is 4. The third-order valence-corrected chi connectivity index (χ3v) is 2.66. The van der Waals surface area contributed by atoms with Gasteiger partial charge < -0.3 is 11.1 Å². The van der Waals surface area contributed by atoms with Crippen molar-refractivity contribution in [3.05, 3.63) is 35.4 Å². The summed E-state index contributed by atoms with van der Waals surface area (Å²) >= 11 is 0. The molecule has 0 unspecified atom stereocenters. The summed E-state index contributed by atoms with van der Waals surface area (Å²) in [5.74, 6) is 0.885. The average Bonchev–Trinajstić information content (AvgIpc) is 2.67. The zero-order valence-corrected chi connectivity index (χ0v) is 10.4. The normalized spacial score (nSPS) is 10.1. The van der Waals surface area contributed by atoms with Gasteiger partial charge in [-0.1, -0.05) is 17.7 Å². The lowest BCUT2D eigenvalue weighted by Gasteiger charge is -2.03. The lowest BCUT2D eigenvalue weighted by molar-refractivity contribution is 0.889. The predicted octanol–water partition coefficient (Wildman–Crippen LogP) is 2.07. The SMILES string of the molecule is CCNc1nn(-c2ccc(C)cc2)c(N)c1C#N. The number of nitriles is 1. The summed E-state index contributed by atoms with van der Waals surface area (Å²) in [5.41, 5.74) is 8.35. The molecule has 1 aromatic heterocycles. The molecule has 0 aliphatic heterocycles. The van der Waals surface area contributed by atoms with Crippen molar-refractivity contribution in [2.24, 2.45) is 0 Å². The van der Waals surface area contributed by atoms with Crippen molar-refractivity contribution in [2.75, 3.05) is 17.6 Å². The molecule has 0 fully saturated rings. The zero-order valence-electron chi connectivity index (χ0n) is 10.4. The van der Waals surface area contributed by atoms with Crippen LogP contribution in [-0.2, 0) is 0 Å². The van der Waals surface area contributed by atoms with E-state index in [0.717, 1.165) is 11.3 Å². The Labute approximate surface area is 106 Å². The molecule has 0 radical (unpaired) electrons. The molecule has 0 bridgehead atoms. The van der Waals surface area contributed by atoms with Crippen LogP contribution in [0, 0.1) is 18.3 Å². The molecule has 92 valence electrons. The minimum Gasteiger partial charge on any atom is -0.382 e. The van der Waals surface area contributed by atoms with Crippen LogP contribution in [0.1, 0.15) is 18.1 Å². The van der Waals surface area contributed by atoms with Crippen LogP contribution < -0.4 is 11.1 Å². The molecule has 0 atom stereocenters. The predicted molar refractivity (Wildman–Crippen MR) is 71.6 cm³/mol. The fraction of sp³-hybridized carbons (Fsp3) is 0.231. The van der Waals surface area contributed by atoms with Crippen LogP contribution in [0.4, 0.5) is 11.6 Å². The maximum Gasteiger partial charge on any atom is 0.168 e. The first-order chi connectivity index (χ1) is 8.67. The van der Waals surface area contributed by atoms with Gasteiger partial charge in [0.2, 0.25) is 0 Å². The van der Waals surface area contributed by atoms with E-state index in [1.165, 1.54) is 0 Å². The number of aromatic nitrogens is 2. The summed E-state index contributed by atoms with van der Waals surface area (Å²) in [6.45, 7) is 4.66. The van der Waals surface area contributed by atoms with Crippen LogP contribution in [0.3, 0.4) is 0 Å². The van der Waals surface area contributed by atoms with Crippen molar-refractivity contribution < 1.29 is 0 Å². The van der Waals surface area contributed by atoms with Crippen molar-refractivity contribution >= 4 is 11.6 Å².